The van der Waals surface area contributed by atoms with Gasteiger partial charge in [-0.3, -0.25) is 9.48 Å². The number of alkyl halides is 3. The highest BCUT2D eigenvalue weighted by atomic mass is 35.5. The van der Waals surface area contributed by atoms with Crippen LogP contribution in [0.4, 0.5) is 18.2 Å². The molecule has 2 aliphatic rings. The summed E-state index contributed by atoms with van der Waals surface area (Å²) in [6, 6.07) is -1.05. The van der Waals surface area contributed by atoms with E-state index in [2.05, 4.69) is 10.4 Å². The van der Waals surface area contributed by atoms with E-state index in [9.17, 15) is 22.8 Å². The van der Waals surface area contributed by atoms with Crippen molar-refractivity contribution >= 4 is 39.8 Å². The number of nitrogens with one attached hydrogen (secondary N) is 1. The third-order valence-electron chi connectivity index (χ3n) is 5.82. The first-order valence-electron chi connectivity index (χ1n) is 11.0. The van der Waals surface area contributed by atoms with Gasteiger partial charge in [0.1, 0.15) is 11.0 Å². The smallest absolute Gasteiger partial charge is 0.436 e. The molecular formula is C22H25ClF3N3O3S. The average Bonchev–Trinajstić information content (AvgIpc) is 3.39. The number of amides is 1. The van der Waals surface area contributed by atoms with Crippen LogP contribution in [0, 0.1) is 0 Å². The number of carbonyl (C=O) groups excluding carboxylic acids is 2. The molecule has 1 amide bonds. The van der Waals surface area contributed by atoms with Gasteiger partial charge in [-0.25, -0.2) is 4.79 Å². The van der Waals surface area contributed by atoms with E-state index in [-0.39, 0.29) is 17.7 Å². The van der Waals surface area contributed by atoms with Crippen LogP contribution in [0.25, 0.3) is 0 Å². The molecule has 0 bridgehead atoms. The topological polar surface area (TPSA) is 73.2 Å². The summed E-state index contributed by atoms with van der Waals surface area (Å²) in [5, 5.41) is 6.37. The first-order chi connectivity index (χ1) is 15.5. The van der Waals surface area contributed by atoms with Crippen molar-refractivity contribution in [3.05, 3.63) is 32.4 Å². The fourth-order valence-corrected chi connectivity index (χ4v) is 5.76. The van der Waals surface area contributed by atoms with Gasteiger partial charge in [0.2, 0.25) is 5.91 Å². The molecule has 1 fully saturated rings. The van der Waals surface area contributed by atoms with Gasteiger partial charge < -0.3 is 10.1 Å². The number of hydrogen-bond acceptors (Lipinski definition) is 5. The number of aromatic nitrogens is 2. The minimum atomic E-state index is -4.72. The molecule has 4 rings (SSSR count). The second-order valence-corrected chi connectivity index (χ2v) is 10.3. The van der Waals surface area contributed by atoms with Gasteiger partial charge in [0, 0.05) is 10.8 Å². The van der Waals surface area contributed by atoms with E-state index in [0.29, 0.717) is 23.4 Å². The number of ether oxygens (including phenoxy) is 1. The number of fused-ring (bicyclic) bond motifs is 1. The van der Waals surface area contributed by atoms with Gasteiger partial charge in [0.15, 0.2) is 5.69 Å². The van der Waals surface area contributed by atoms with Gasteiger partial charge >= 0.3 is 12.1 Å². The maximum atomic E-state index is 13.4. The number of anilines is 1. The van der Waals surface area contributed by atoms with Crippen molar-refractivity contribution in [2.75, 3.05) is 5.32 Å². The quantitative estimate of drug-likeness (QED) is 0.481. The van der Waals surface area contributed by atoms with Gasteiger partial charge in [-0.2, -0.15) is 18.3 Å². The predicted octanol–water partition coefficient (Wildman–Crippen LogP) is 6.14. The second-order valence-electron chi connectivity index (χ2n) is 8.80. The SMILES string of the molecule is CC(C)OC(=O)c1c(NC(=O)C(C)n2nc(C(F)(F)F)c(Cl)c2C2CC2)sc2c1CCCC2. The molecular weight excluding hydrogens is 479 g/mol. The fourth-order valence-electron chi connectivity index (χ4n) is 4.10. The number of nitrogens with zero attached hydrogens (tertiary/aromatic N) is 2. The molecule has 0 saturated heterocycles. The lowest BCUT2D eigenvalue weighted by Gasteiger charge is -2.17. The average molecular weight is 504 g/mol. The summed E-state index contributed by atoms with van der Waals surface area (Å²) in [5.74, 6) is -1.23. The van der Waals surface area contributed by atoms with E-state index in [0.717, 1.165) is 40.8 Å². The Balaban J connectivity index is 1.66. The summed E-state index contributed by atoms with van der Waals surface area (Å²) in [4.78, 5) is 27.0. The van der Waals surface area contributed by atoms with Crippen molar-refractivity contribution < 1.29 is 27.5 Å². The molecule has 2 aromatic heterocycles. The molecule has 2 heterocycles. The number of hydrogen-bond donors (Lipinski definition) is 1. The molecule has 33 heavy (non-hydrogen) atoms. The van der Waals surface area contributed by atoms with Gasteiger partial charge in [-0.05, 0) is 64.9 Å². The largest absolute Gasteiger partial charge is 0.459 e. The summed E-state index contributed by atoms with van der Waals surface area (Å²) in [7, 11) is 0. The Morgan fingerprint density at radius 1 is 1.21 bits per heavy atom. The third-order valence-corrected chi connectivity index (χ3v) is 7.40. The third kappa shape index (κ3) is 4.77. The van der Waals surface area contributed by atoms with Crippen molar-refractivity contribution in [1.82, 2.24) is 9.78 Å². The molecule has 1 N–H and O–H groups in total. The van der Waals surface area contributed by atoms with Crippen LogP contribution in [-0.4, -0.2) is 27.8 Å². The molecule has 0 aliphatic heterocycles. The van der Waals surface area contributed by atoms with E-state index in [1.54, 1.807) is 13.8 Å². The van der Waals surface area contributed by atoms with E-state index in [4.69, 9.17) is 16.3 Å². The van der Waals surface area contributed by atoms with Crippen molar-refractivity contribution in [3.8, 4) is 0 Å². The molecule has 2 aromatic rings. The molecule has 0 spiro atoms. The molecule has 0 radical (unpaired) electrons. The molecule has 0 aromatic carbocycles. The minimum Gasteiger partial charge on any atom is -0.459 e. The highest BCUT2D eigenvalue weighted by Crippen LogP contribution is 2.48. The summed E-state index contributed by atoms with van der Waals surface area (Å²) in [6.07, 6.45) is -0.202. The number of rotatable bonds is 6. The number of aryl methyl sites for hydroxylation is 1. The number of thiophene rings is 1. The van der Waals surface area contributed by atoms with E-state index in [1.807, 2.05) is 0 Å². The zero-order chi connectivity index (χ0) is 24.1. The van der Waals surface area contributed by atoms with Crippen LogP contribution in [0.5, 0.6) is 0 Å². The standard InChI is InChI=1S/C22H25ClF3N3O3S/c1-10(2)32-21(31)15-13-6-4-5-7-14(13)33-20(15)27-19(30)11(3)29-17(12-8-9-12)16(23)18(28-29)22(24,25)26/h10-12H,4-9H2,1-3H3,(H,27,30). The Morgan fingerprint density at radius 2 is 1.88 bits per heavy atom. The first-order valence-corrected chi connectivity index (χ1v) is 12.2. The Kier molecular flexibility index (Phi) is 6.52. The Bertz CT molecular complexity index is 1090. The molecule has 1 atom stereocenters. The van der Waals surface area contributed by atoms with Crippen molar-refractivity contribution in [3.63, 3.8) is 0 Å². The summed E-state index contributed by atoms with van der Waals surface area (Å²) < 4.78 is 46.7. The highest BCUT2D eigenvalue weighted by Gasteiger charge is 2.43. The van der Waals surface area contributed by atoms with Crippen LogP contribution in [-0.2, 0) is 28.5 Å². The lowest BCUT2D eigenvalue weighted by Crippen LogP contribution is -2.26. The Hall–Kier alpha value is -2.07. The number of halogens is 4. The van der Waals surface area contributed by atoms with Gasteiger partial charge in [0.25, 0.3) is 0 Å². The summed E-state index contributed by atoms with van der Waals surface area (Å²) >= 11 is 7.37. The molecule has 6 nitrogen and oxygen atoms in total. The first kappa shape index (κ1) is 24.1. The molecule has 1 unspecified atom stereocenters. The molecule has 1 saturated carbocycles. The van der Waals surface area contributed by atoms with Crippen LogP contribution in [0.1, 0.15) is 90.6 Å². The Morgan fingerprint density at radius 3 is 2.48 bits per heavy atom. The van der Waals surface area contributed by atoms with E-state index >= 15 is 0 Å². The van der Waals surface area contributed by atoms with Crippen LogP contribution < -0.4 is 5.32 Å². The van der Waals surface area contributed by atoms with Crippen LogP contribution in [0.15, 0.2) is 0 Å². The monoisotopic (exact) mass is 503 g/mol. The maximum Gasteiger partial charge on any atom is 0.436 e. The molecule has 11 heteroatoms. The van der Waals surface area contributed by atoms with Crippen molar-refractivity contribution in [2.24, 2.45) is 0 Å². The van der Waals surface area contributed by atoms with Gasteiger partial charge in [0.05, 0.1) is 22.4 Å². The molecule has 2 aliphatic carbocycles. The summed E-state index contributed by atoms with van der Waals surface area (Å²) in [6.45, 7) is 4.97. The number of esters is 1. The second kappa shape index (κ2) is 8.94. The lowest BCUT2D eigenvalue weighted by molar-refractivity contribution is -0.141. The highest BCUT2D eigenvalue weighted by molar-refractivity contribution is 7.17. The van der Waals surface area contributed by atoms with Crippen LogP contribution >= 0.6 is 22.9 Å². The van der Waals surface area contributed by atoms with Gasteiger partial charge in [-0.15, -0.1) is 11.3 Å². The van der Waals surface area contributed by atoms with Gasteiger partial charge in [-0.1, -0.05) is 11.6 Å². The minimum absolute atomic E-state index is 0.151. The fraction of sp³-hybridized carbons (Fsp3) is 0.591. The van der Waals surface area contributed by atoms with E-state index < -0.39 is 34.8 Å². The maximum absolute atomic E-state index is 13.4. The Labute approximate surface area is 198 Å². The van der Waals surface area contributed by atoms with Crippen molar-refractivity contribution in [1.29, 1.82) is 0 Å². The lowest BCUT2D eigenvalue weighted by atomic mass is 9.95. The number of carbonyl (C=O) groups is 2. The van der Waals surface area contributed by atoms with Crippen LogP contribution in [0.2, 0.25) is 5.02 Å². The normalized spacial score (nSPS) is 17.1. The van der Waals surface area contributed by atoms with E-state index in [1.165, 1.54) is 18.3 Å². The van der Waals surface area contributed by atoms with Crippen molar-refractivity contribution in [2.45, 2.75) is 83.5 Å². The summed E-state index contributed by atoms with van der Waals surface area (Å²) in [5.41, 5.74) is 0.288. The van der Waals surface area contributed by atoms with Crippen LogP contribution in [0.3, 0.4) is 0 Å². The molecule has 180 valence electrons. The zero-order valence-corrected chi connectivity index (χ0v) is 20.1. The zero-order valence-electron chi connectivity index (χ0n) is 18.5. The predicted molar refractivity (Wildman–Crippen MR) is 119 cm³/mol.